The lowest BCUT2D eigenvalue weighted by Gasteiger charge is -2.13. The third-order valence-corrected chi connectivity index (χ3v) is 3.73. The minimum absolute atomic E-state index is 0.196. The quantitative estimate of drug-likeness (QED) is 0.819. The van der Waals surface area contributed by atoms with Gasteiger partial charge in [0.05, 0.1) is 10.9 Å². The van der Waals surface area contributed by atoms with E-state index in [1.165, 1.54) is 6.20 Å². The maximum atomic E-state index is 12.4. The fourth-order valence-corrected chi connectivity index (χ4v) is 2.61. The zero-order valence-electron chi connectivity index (χ0n) is 11.2. The average Bonchev–Trinajstić information content (AvgIpc) is 2.76. The van der Waals surface area contributed by atoms with Gasteiger partial charge in [0.25, 0.3) is 0 Å². The van der Waals surface area contributed by atoms with Crippen LogP contribution in [0, 0.1) is 5.92 Å². The third kappa shape index (κ3) is 2.81. The van der Waals surface area contributed by atoms with Crippen molar-refractivity contribution in [3.8, 4) is 0 Å². The van der Waals surface area contributed by atoms with E-state index in [1.54, 1.807) is 12.1 Å². The first-order chi connectivity index (χ1) is 10.1. The molecule has 0 N–H and O–H groups in total. The van der Waals surface area contributed by atoms with Crippen molar-refractivity contribution in [3.63, 3.8) is 0 Å². The van der Waals surface area contributed by atoms with Gasteiger partial charge in [0.2, 0.25) is 11.8 Å². The molecule has 2 heterocycles. The van der Waals surface area contributed by atoms with Crippen LogP contribution >= 0.6 is 11.6 Å². The minimum atomic E-state index is -0.322. The molecule has 0 unspecified atom stereocenters. The highest BCUT2D eigenvalue weighted by molar-refractivity contribution is 6.30. The highest BCUT2D eigenvalue weighted by Crippen LogP contribution is 2.27. The Labute approximate surface area is 127 Å². The molecule has 1 atom stereocenters. The van der Waals surface area contributed by atoms with E-state index in [0.29, 0.717) is 17.3 Å². The molecular formula is C16H13ClN2O2. The van der Waals surface area contributed by atoms with Crippen LogP contribution in [0.3, 0.4) is 0 Å². The van der Waals surface area contributed by atoms with E-state index >= 15 is 0 Å². The number of hydrogen-bond donors (Lipinski definition) is 0. The summed E-state index contributed by atoms with van der Waals surface area (Å²) in [6, 6.07) is 12.9. The summed E-state index contributed by atoms with van der Waals surface area (Å²) < 4.78 is 0. The Balaban J connectivity index is 1.80. The van der Waals surface area contributed by atoms with Gasteiger partial charge >= 0.3 is 0 Å². The zero-order valence-corrected chi connectivity index (χ0v) is 12.0. The van der Waals surface area contributed by atoms with E-state index < -0.39 is 0 Å². The number of carbonyl (C=O) groups is 2. The number of aromatic nitrogens is 1. The number of imide groups is 1. The van der Waals surface area contributed by atoms with E-state index in [4.69, 9.17) is 11.6 Å². The van der Waals surface area contributed by atoms with Crippen LogP contribution in [-0.4, -0.2) is 16.8 Å². The summed E-state index contributed by atoms with van der Waals surface area (Å²) in [5.74, 6) is -0.392. The van der Waals surface area contributed by atoms with Gasteiger partial charge in [-0.1, -0.05) is 41.9 Å². The van der Waals surface area contributed by atoms with Gasteiger partial charge in [-0.25, -0.2) is 9.88 Å². The summed E-state index contributed by atoms with van der Waals surface area (Å²) >= 11 is 5.78. The SMILES string of the molecule is O=C1C[C@@H](Cc2ccccc2)C(=O)N1c1ccc(Cl)cn1. The van der Waals surface area contributed by atoms with Crippen molar-refractivity contribution in [1.29, 1.82) is 0 Å². The zero-order chi connectivity index (χ0) is 14.8. The van der Waals surface area contributed by atoms with Crippen molar-refractivity contribution < 1.29 is 9.59 Å². The van der Waals surface area contributed by atoms with Gasteiger partial charge < -0.3 is 0 Å². The van der Waals surface area contributed by atoms with Crippen LogP contribution in [0.25, 0.3) is 0 Å². The van der Waals surface area contributed by atoms with Crippen LogP contribution in [0.15, 0.2) is 48.7 Å². The van der Waals surface area contributed by atoms with Crippen molar-refractivity contribution in [1.82, 2.24) is 4.98 Å². The lowest BCUT2D eigenvalue weighted by atomic mass is 9.98. The highest BCUT2D eigenvalue weighted by Gasteiger charge is 2.39. The molecule has 5 heteroatoms. The fraction of sp³-hybridized carbons (Fsp3) is 0.188. The number of benzene rings is 1. The largest absolute Gasteiger partial charge is 0.274 e. The predicted molar refractivity (Wildman–Crippen MR) is 80.0 cm³/mol. The first-order valence-corrected chi connectivity index (χ1v) is 7.05. The molecule has 1 aliphatic rings. The molecule has 1 aromatic heterocycles. The molecule has 0 radical (unpaired) electrons. The monoisotopic (exact) mass is 300 g/mol. The lowest BCUT2D eigenvalue weighted by molar-refractivity contribution is -0.122. The fourth-order valence-electron chi connectivity index (χ4n) is 2.49. The smallest absolute Gasteiger partial charge is 0.238 e. The lowest BCUT2D eigenvalue weighted by Crippen LogP contribution is -2.31. The Bertz CT molecular complexity index is 670. The molecule has 4 nitrogen and oxygen atoms in total. The van der Waals surface area contributed by atoms with Crippen LogP contribution in [0.5, 0.6) is 0 Å². The second kappa shape index (κ2) is 5.66. The van der Waals surface area contributed by atoms with Crippen molar-refractivity contribution in [2.45, 2.75) is 12.8 Å². The average molecular weight is 301 g/mol. The first-order valence-electron chi connectivity index (χ1n) is 6.67. The molecule has 1 aliphatic heterocycles. The molecule has 2 amide bonds. The number of amides is 2. The van der Waals surface area contributed by atoms with Crippen molar-refractivity contribution in [3.05, 3.63) is 59.2 Å². The van der Waals surface area contributed by atoms with Crippen LogP contribution in [0.2, 0.25) is 5.02 Å². The van der Waals surface area contributed by atoms with Gasteiger partial charge in [-0.15, -0.1) is 0 Å². The molecule has 1 saturated heterocycles. The van der Waals surface area contributed by atoms with E-state index in [1.807, 2.05) is 30.3 Å². The van der Waals surface area contributed by atoms with Crippen LogP contribution < -0.4 is 4.90 Å². The van der Waals surface area contributed by atoms with Gasteiger partial charge in [0, 0.05) is 12.6 Å². The molecular weight excluding hydrogens is 288 g/mol. The Hall–Kier alpha value is -2.20. The number of pyridine rings is 1. The van der Waals surface area contributed by atoms with Gasteiger partial charge in [0.1, 0.15) is 5.82 Å². The van der Waals surface area contributed by atoms with E-state index in [-0.39, 0.29) is 24.2 Å². The van der Waals surface area contributed by atoms with E-state index in [2.05, 4.69) is 4.98 Å². The molecule has 2 aromatic rings. The topological polar surface area (TPSA) is 50.3 Å². The first kappa shape index (κ1) is 13.8. The van der Waals surface area contributed by atoms with Crippen molar-refractivity contribution >= 4 is 29.2 Å². The molecule has 1 fully saturated rings. The van der Waals surface area contributed by atoms with Gasteiger partial charge in [-0.3, -0.25) is 9.59 Å². The molecule has 21 heavy (non-hydrogen) atoms. The van der Waals surface area contributed by atoms with E-state index in [0.717, 1.165) is 10.5 Å². The molecule has 0 saturated carbocycles. The number of rotatable bonds is 3. The Morgan fingerprint density at radius 1 is 1.14 bits per heavy atom. The van der Waals surface area contributed by atoms with Crippen LogP contribution in [0.1, 0.15) is 12.0 Å². The second-order valence-corrected chi connectivity index (χ2v) is 5.43. The number of carbonyl (C=O) groups excluding carboxylic acids is 2. The maximum absolute atomic E-state index is 12.4. The van der Waals surface area contributed by atoms with Gasteiger partial charge in [0.15, 0.2) is 0 Å². The molecule has 0 bridgehead atoms. The van der Waals surface area contributed by atoms with E-state index in [9.17, 15) is 9.59 Å². The third-order valence-electron chi connectivity index (χ3n) is 3.51. The van der Waals surface area contributed by atoms with Gasteiger partial charge in [-0.2, -0.15) is 0 Å². The van der Waals surface area contributed by atoms with Crippen molar-refractivity contribution in [2.24, 2.45) is 5.92 Å². The second-order valence-electron chi connectivity index (χ2n) is 4.99. The van der Waals surface area contributed by atoms with Crippen molar-refractivity contribution in [2.75, 3.05) is 4.90 Å². The maximum Gasteiger partial charge on any atom is 0.238 e. The molecule has 106 valence electrons. The normalized spacial score (nSPS) is 18.3. The summed E-state index contributed by atoms with van der Waals surface area (Å²) in [5.41, 5.74) is 1.05. The molecule has 1 aromatic carbocycles. The summed E-state index contributed by atoms with van der Waals surface area (Å²) in [6.07, 6.45) is 2.22. The molecule has 0 spiro atoms. The standard InChI is InChI=1S/C16H13ClN2O2/c17-13-6-7-14(18-10-13)19-15(20)9-12(16(19)21)8-11-4-2-1-3-5-11/h1-7,10,12H,8-9H2/t12-/m1/s1. The number of halogens is 1. The summed E-state index contributed by atoms with van der Waals surface area (Å²) in [5, 5.41) is 0.471. The van der Waals surface area contributed by atoms with Crippen LogP contribution in [-0.2, 0) is 16.0 Å². The Kier molecular flexibility index (Phi) is 3.71. The summed E-state index contributed by atoms with van der Waals surface area (Å²) in [7, 11) is 0. The number of nitrogens with zero attached hydrogens (tertiary/aromatic N) is 2. The predicted octanol–water partition coefficient (Wildman–Crippen LogP) is 2.86. The Morgan fingerprint density at radius 2 is 1.90 bits per heavy atom. The Morgan fingerprint density at radius 3 is 2.57 bits per heavy atom. The molecule has 0 aliphatic carbocycles. The number of hydrogen-bond acceptors (Lipinski definition) is 3. The number of anilines is 1. The molecule has 3 rings (SSSR count). The highest BCUT2D eigenvalue weighted by atomic mass is 35.5. The minimum Gasteiger partial charge on any atom is -0.274 e. The summed E-state index contributed by atoms with van der Waals surface area (Å²) in [4.78, 5) is 29.8. The van der Waals surface area contributed by atoms with Crippen LogP contribution in [0.4, 0.5) is 5.82 Å². The van der Waals surface area contributed by atoms with Gasteiger partial charge in [-0.05, 0) is 24.1 Å². The summed E-state index contributed by atoms with van der Waals surface area (Å²) in [6.45, 7) is 0.